The molecule has 0 aliphatic rings. The van der Waals surface area contributed by atoms with Gasteiger partial charge in [0.15, 0.2) is 0 Å². The summed E-state index contributed by atoms with van der Waals surface area (Å²) in [7, 11) is 3.03. The van der Waals surface area contributed by atoms with E-state index in [1.807, 2.05) is 0 Å². The second-order valence-electron chi connectivity index (χ2n) is 4.39. The minimum absolute atomic E-state index is 0.121. The third-order valence-corrected chi connectivity index (χ3v) is 2.76. The number of hydrogen-bond donors (Lipinski definition) is 1. The van der Waals surface area contributed by atoms with E-state index in [9.17, 15) is 18.3 Å². The molecular formula is C13H18F3NO2. The molecule has 1 rings (SSSR count). The molecule has 1 atom stereocenters. The average molecular weight is 277 g/mol. The fourth-order valence-electron chi connectivity index (χ4n) is 1.74. The van der Waals surface area contributed by atoms with E-state index in [-0.39, 0.29) is 13.1 Å². The number of alkyl halides is 3. The molecule has 108 valence electrons. The molecule has 0 fully saturated rings. The molecule has 1 aromatic carbocycles. The first-order chi connectivity index (χ1) is 8.83. The van der Waals surface area contributed by atoms with Crippen LogP contribution in [0.25, 0.3) is 0 Å². The summed E-state index contributed by atoms with van der Waals surface area (Å²) in [5.74, 6) is 0.527. The fourth-order valence-corrected chi connectivity index (χ4v) is 1.74. The smallest absolute Gasteiger partial charge is 0.390 e. The number of hydrogen-bond acceptors (Lipinski definition) is 3. The van der Waals surface area contributed by atoms with Crippen molar-refractivity contribution in [2.45, 2.75) is 18.7 Å². The van der Waals surface area contributed by atoms with Gasteiger partial charge in [-0.15, -0.1) is 0 Å². The Morgan fingerprint density at radius 1 is 1.32 bits per heavy atom. The molecule has 0 aliphatic carbocycles. The van der Waals surface area contributed by atoms with E-state index in [2.05, 4.69) is 0 Å². The predicted octanol–water partition coefficient (Wildman–Crippen LogP) is 2.61. The monoisotopic (exact) mass is 277 g/mol. The van der Waals surface area contributed by atoms with Crippen molar-refractivity contribution in [3.63, 3.8) is 0 Å². The number of methoxy groups -OCH3 is 1. The summed E-state index contributed by atoms with van der Waals surface area (Å²) in [6.07, 6.45) is -5.94. The van der Waals surface area contributed by atoms with Crippen LogP contribution in [0.4, 0.5) is 13.2 Å². The van der Waals surface area contributed by atoms with Crippen LogP contribution in [0.2, 0.25) is 0 Å². The van der Waals surface area contributed by atoms with Gasteiger partial charge in [-0.2, -0.15) is 13.2 Å². The van der Waals surface area contributed by atoms with Gasteiger partial charge in [-0.25, -0.2) is 0 Å². The van der Waals surface area contributed by atoms with Crippen LogP contribution in [0.15, 0.2) is 24.3 Å². The van der Waals surface area contributed by atoms with Crippen molar-refractivity contribution in [1.82, 2.24) is 4.90 Å². The molecule has 0 bridgehead atoms. The first-order valence-corrected chi connectivity index (χ1v) is 5.90. The van der Waals surface area contributed by atoms with Crippen molar-refractivity contribution in [2.75, 3.05) is 27.2 Å². The molecule has 0 spiro atoms. The summed E-state index contributed by atoms with van der Waals surface area (Å²) in [6.45, 7) is -0.0217. The topological polar surface area (TPSA) is 32.7 Å². The summed E-state index contributed by atoms with van der Waals surface area (Å²) in [4.78, 5) is 1.45. The lowest BCUT2D eigenvalue weighted by atomic mass is 10.1. The van der Waals surface area contributed by atoms with Crippen molar-refractivity contribution in [1.29, 1.82) is 0 Å². The van der Waals surface area contributed by atoms with Crippen molar-refractivity contribution in [2.24, 2.45) is 0 Å². The quantitative estimate of drug-likeness (QED) is 0.867. The van der Waals surface area contributed by atoms with Crippen LogP contribution >= 0.6 is 0 Å². The number of benzene rings is 1. The summed E-state index contributed by atoms with van der Waals surface area (Å²) >= 11 is 0. The summed E-state index contributed by atoms with van der Waals surface area (Å²) in [5.41, 5.74) is 0.573. The maximum absolute atomic E-state index is 12.1. The van der Waals surface area contributed by atoms with Gasteiger partial charge in [-0.05, 0) is 13.1 Å². The predicted molar refractivity (Wildman–Crippen MR) is 66.1 cm³/mol. The molecule has 0 aromatic heterocycles. The number of aliphatic hydroxyl groups is 1. The van der Waals surface area contributed by atoms with Crippen molar-refractivity contribution in [3.8, 4) is 5.75 Å². The molecule has 3 nitrogen and oxygen atoms in total. The van der Waals surface area contributed by atoms with Gasteiger partial charge >= 0.3 is 6.18 Å². The van der Waals surface area contributed by atoms with E-state index in [0.717, 1.165) is 0 Å². The molecule has 0 saturated heterocycles. The molecule has 1 N–H and O–H groups in total. The largest absolute Gasteiger partial charge is 0.496 e. The van der Waals surface area contributed by atoms with Crippen molar-refractivity contribution >= 4 is 0 Å². The fraction of sp³-hybridized carbons (Fsp3) is 0.538. The van der Waals surface area contributed by atoms with E-state index in [1.165, 1.54) is 12.0 Å². The molecule has 0 aliphatic heterocycles. The maximum atomic E-state index is 12.1. The number of likely N-dealkylation sites (N-methyl/N-ethyl adjacent to an activating group) is 1. The zero-order valence-electron chi connectivity index (χ0n) is 10.9. The minimum Gasteiger partial charge on any atom is -0.496 e. The van der Waals surface area contributed by atoms with Gasteiger partial charge in [0.25, 0.3) is 0 Å². The lowest BCUT2D eigenvalue weighted by molar-refractivity contribution is -0.137. The van der Waals surface area contributed by atoms with E-state index in [0.29, 0.717) is 11.3 Å². The van der Waals surface area contributed by atoms with Gasteiger partial charge in [-0.1, -0.05) is 18.2 Å². The Kier molecular flexibility index (Phi) is 5.62. The maximum Gasteiger partial charge on any atom is 0.390 e. The first-order valence-electron chi connectivity index (χ1n) is 5.90. The van der Waals surface area contributed by atoms with Gasteiger partial charge in [0, 0.05) is 18.7 Å². The summed E-state index contributed by atoms with van der Waals surface area (Å²) in [6, 6.07) is 6.91. The summed E-state index contributed by atoms with van der Waals surface area (Å²) < 4.78 is 41.4. The van der Waals surface area contributed by atoms with E-state index in [4.69, 9.17) is 4.74 Å². The Morgan fingerprint density at radius 3 is 2.53 bits per heavy atom. The first kappa shape index (κ1) is 15.8. The Morgan fingerprint density at radius 2 is 1.95 bits per heavy atom. The Labute approximate surface area is 110 Å². The molecule has 1 unspecified atom stereocenters. The highest BCUT2D eigenvalue weighted by Gasteiger charge is 2.27. The number of nitrogens with zero attached hydrogens (tertiary/aromatic N) is 1. The molecular weight excluding hydrogens is 259 g/mol. The van der Waals surface area contributed by atoms with Crippen LogP contribution in [-0.2, 0) is 0 Å². The van der Waals surface area contributed by atoms with Crippen LogP contribution in [0.3, 0.4) is 0 Å². The minimum atomic E-state index is -4.18. The molecule has 0 heterocycles. The van der Waals surface area contributed by atoms with Crippen LogP contribution in [0.1, 0.15) is 18.1 Å². The number of ether oxygens (including phenoxy) is 1. The Bertz CT molecular complexity index is 396. The van der Waals surface area contributed by atoms with Crippen LogP contribution in [-0.4, -0.2) is 43.4 Å². The SMILES string of the molecule is COc1ccccc1C(O)CN(C)CCC(F)(F)F. The standard InChI is InChI=1S/C13H18F3NO2/c1-17(8-7-13(14,15)16)9-11(18)10-5-3-4-6-12(10)19-2/h3-6,11,18H,7-9H2,1-2H3. The number of rotatable bonds is 6. The highest BCUT2D eigenvalue weighted by molar-refractivity contribution is 5.35. The van der Waals surface area contributed by atoms with E-state index >= 15 is 0 Å². The molecule has 6 heteroatoms. The zero-order chi connectivity index (χ0) is 14.5. The highest BCUT2D eigenvalue weighted by atomic mass is 19.4. The second kappa shape index (κ2) is 6.77. The van der Waals surface area contributed by atoms with Crippen molar-refractivity contribution < 1.29 is 23.0 Å². The molecule has 0 saturated carbocycles. The van der Waals surface area contributed by atoms with Crippen LogP contribution in [0.5, 0.6) is 5.75 Å². The lowest BCUT2D eigenvalue weighted by Crippen LogP contribution is -2.28. The van der Waals surface area contributed by atoms with Gasteiger partial charge in [0.1, 0.15) is 5.75 Å². The number of halogens is 3. The Balaban J connectivity index is 2.56. The third-order valence-electron chi connectivity index (χ3n) is 2.76. The number of para-hydroxylation sites is 1. The van der Waals surface area contributed by atoms with Crippen LogP contribution in [0, 0.1) is 0 Å². The summed E-state index contributed by atoms with van der Waals surface area (Å²) in [5, 5.41) is 10.0. The van der Waals surface area contributed by atoms with Gasteiger partial charge in [-0.3, -0.25) is 0 Å². The van der Waals surface area contributed by atoms with Gasteiger partial charge < -0.3 is 14.7 Å². The van der Waals surface area contributed by atoms with E-state index < -0.39 is 18.7 Å². The molecule has 1 aromatic rings. The van der Waals surface area contributed by atoms with Crippen LogP contribution < -0.4 is 4.74 Å². The molecule has 19 heavy (non-hydrogen) atoms. The Hall–Kier alpha value is -1.27. The van der Waals surface area contributed by atoms with E-state index in [1.54, 1.807) is 31.3 Å². The molecule has 0 amide bonds. The van der Waals surface area contributed by atoms with Gasteiger partial charge in [0.05, 0.1) is 19.6 Å². The highest BCUT2D eigenvalue weighted by Crippen LogP contribution is 2.25. The second-order valence-corrected chi connectivity index (χ2v) is 4.39. The zero-order valence-corrected chi connectivity index (χ0v) is 10.9. The molecule has 0 radical (unpaired) electrons. The average Bonchev–Trinajstić information content (AvgIpc) is 2.35. The number of aliphatic hydroxyl groups excluding tert-OH is 1. The normalized spacial score (nSPS) is 13.6. The third kappa shape index (κ3) is 5.48. The van der Waals surface area contributed by atoms with Gasteiger partial charge in [0.2, 0.25) is 0 Å². The lowest BCUT2D eigenvalue weighted by Gasteiger charge is -2.22. The van der Waals surface area contributed by atoms with Crippen molar-refractivity contribution in [3.05, 3.63) is 29.8 Å².